The fourth-order valence-electron chi connectivity index (χ4n) is 10.1. The molecular formula is C59H39NO. The quantitative estimate of drug-likeness (QED) is 0.160. The van der Waals surface area contributed by atoms with Gasteiger partial charge in [0, 0.05) is 33.4 Å². The highest BCUT2D eigenvalue weighted by Gasteiger charge is 2.46. The van der Waals surface area contributed by atoms with Gasteiger partial charge in [-0.25, -0.2) is 0 Å². The Bertz CT molecular complexity index is 3360. The van der Waals surface area contributed by atoms with Crippen molar-refractivity contribution in [1.29, 1.82) is 0 Å². The second kappa shape index (κ2) is 14.1. The van der Waals surface area contributed by atoms with E-state index in [1.165, 1.54) is 55.3 Å². The van der Waals surface area contributed by atoms with Gasteiger partial charge in [-0.3, -0.25) is 0 Å². The highest BCUT2D eigenvalue weighted by atomic mass is 16.3. The lowest BCUT2D eigenvalue weighted by molar-refractivity contribution is 0.670. The number of hydrogen-bond donors (Lipinski definition) is 0. The Kier molecular flexibility index (Phi) is 8.11. The molecule has 0 N–H and O–H groups in total. The van der Waals surface area contributed by atoms with Crippen molar-refractivity contribution in [3.63, 3.8) is 0 Å². The van der Waals surface area contributed by atoms with E-state index < -0.39 is 5.41 Å². The maximum absolute atomic E-state index is 6.48. The minimum atomic E-state index is -0.510. The van der Waals surface area contributed by atoms with E-state index in [0.29, 0.717) is 0 Å². The predicted molar refractivity (Wildman–Crippen MR) is 254 cm³/mol. The van der Waals surface area contributed by atoms with Gasteiger partial charge >= 0.3 is 0 Å². The summed E-state index contributed by atoms with van der Waals surface area (Å²) in [5.41, 5.74) is 16.8. The average molecular weight is 778 g/mol. The van der Waals surface area contributed by atoms with E-state index in [-0.39, 0.29) is 0 Å². The molecule has 61 heavy (non-hydrogen) atoms. The van der Waals surface area contributed by atoms with Crippen molar-refractivity contribution in [3.8, 4) is 33.4 Å². The van der Waals surface area contributed by atoms with Gasteiger partial charge in [-0.1, -0.05) is 194 Å². The molecule has 0 atom stereocenters. The molecule has 0 aliphatic heterocycles. The van der Waals surface area contributed by atoms with Crippen LogP contribution in [-0.4, -0.2) is 0 Å². The molecule has 286 valence electrons. The smallest absolute Gasteiger partial charge is 0.143 e. The number of furan rings is 1. The number of fused-ring (bicyclic) bond motifs is 7. The van der Waals surface area contributed by atoms with Crippen LogP contribution in [0.25, 0.3) is 66.1 Å². The zero-order chi connectivity index (χ0) is 40.3. The summed E-state index contributed by atoms with van der Waals surface area (Å²) in [5, 5.41) is 4.75. The molecule has 11 aromatic rings. The monoisotopic (exact) mass is 777 g/mol. The normalized spacial score (nSPS) is 12.7. The minimum Gasteiger partial charge on any atom is -0.455 e. The molecule has 2 heteroatoms. The van der Waals surface area contributed by atoms with Crippen LogP contribution in [0.4, 0.5) is 17.1 Å². The molecule has 1 heterocycles. The summed E-state index contributed by atoms with van der Waals surface area (Å²) in [6.45, 7) is 0. The van der Waals surface area contributed by atoms with Crippen LogP contribution in [0.5, 0.6) is 0 Å². The first-order valence-corrected chi connectivity index (χ1v) is 21.0. The molecule has 2 nitrogen and oxygen atoms in total. The maximum atomic E-state index is 6.48. The fraction of sp³-hybridized carbons (Fsp3) is 0.0169. The number of nitrogens with zero attached hydrogens (tertiary/aromatic N) is 1. The van der Waals surface area contributed by atoms with E-state index in [4.69, 9.17) is 4.42 Å². The van der Waals surface area contributed by atoms with Crippen molar-refractivity contribution in [2.45, 2.75) is 5.41 Å². The number of para-hydroxylation sites is 2. The highest BCUT2D eigenvalue weighted by molar-refractivity contribution is 6.09. The summed E-state index contributed by atoms with van der Waals surface area (Å²) in [6.07, 6.45) is 0. The molecule has 0 saturated carbocycles. The predicted octanol–water partition coefficient (Wildman–Crippen LogP) is 15.9. The Morgan fingerprint density at radius 2 is 0.836 bits per heavy atom. The molecule has 0 amide bonds. The topological polar surface area (TPSA) is 16.4 Å². The van der Waals surface area contributed by atoms with Crippen LogP contribution in [0.2, 0.25) is 0 Å². The highest BCUT2D eigenvalue weighted by Crippen LogP contribution is 2.56. The van der Waals surface area contributed by atoms with Gasteiger partial charge in [0.25, 0.3) is 0 Å². The van der Waals surface area contributed by atoms with E-state index >= 15 is 0 Å². The lowest BCUT2D eigenvalue weighted by atomic mass is 9.67. The van der Waals surface area contributed by atoms with E-state index in [0.717, 1.165) is 50.1 Å². The van der Waals surface area contributed by atoms with E-state index in [1.807, 2.05) is 12.1 Å². The van der Waals surface area contributed by atoms with Gasteiger partial charge in [0.15, 0.2) is 0 Å². The molecule has 0 spiro atoms. The molecule has 0 unspecified atom stereocenters. The van der Waals surface area contributed by atoms with Gasteiger partial charge in [0.2, 0.25) is 0 Å². The number of anilines is 3. The second-order valence-electron chi connectivity index (χ2n) is 16.0. The first-order valence-electron chi connectivity index (χ1n) is 21.0. The Hall–Kier alpha value is -7.94. The summed E-state index contributed by atoms with van der Waals surface area (Å²) in [5.74, 6) is 0. The van der Waals surface area contributed by atoms with E-state index in [1.54, 1.807) is 0 Å². The van der Waals surface area contributed by atoms with Crippen LogP contribution in [-0.2, 0) is 5.41 Å². The van der Waals surface area contributed by atoms with Crippen LogP contribution in [0, 0.1) is 0 Å². The Balaban J connectivity index is 1.03. The molecular weight excluding hydrogens is 739 g/mol. The molecule has 0 fully saturated rings. The molecule has 12 rings (SSSR count). The van der Waals surface area contributed by atoms with Gasteiger partial charge in [0.1, 0.15) is 11.2 Å². The van der Waals surface area contributed by atoms with Crippen molar-refractivity contribution in [3.05, 3.63) is 259 Å². The number of benzene rings is 10. The van der Waals surface area contributed by atoms with Crippen molar-refractivity contribution < 1.29 is 4.42 Å². The third-order valence-corrected chi connectivity index (χ3v) is 12.8. The largest absolute Gasteiger partial charge is 0.455 e. The molecule has 10 aromatic carbocycles. The van der Waals surface area contributed by atoms with Crippen LogP contribution in [0.15, 0.2) is 241 Å². The van der Waals surface area contributed by atoms with Crippen molar-refractivity contribution in [2.75, 3.05) is 4.90 Å². The molecule has 1 aliphatic carbocycles. The summed E-state index contributed by atoms with van der Waals surface area (Å²) < 4.78 is 6.48. The second-order valence-corrected chi connectivity index (χ2v) is 16.0. The van der Waals surface area contributed by atoms with Gasteiger partial charge in [0.05, 0.1) is 5.41 Å². The first kappa shape index (κ1) is 35.0. The van der Waals surface area contributed by atoms with Crippen LogP contribution in [0.1, 0.15) is 22.3 Å². The molecule has 0 bridgehead atoms. The summed E-state index contributed by atoms with van der Waals surface area (Å²) in [6, 6.07) is 86.0. The zero-order valence-electron chi connectivity index (χ0n) is 33.4. The average Bonchev–Trinajstić information content (AvgIpc) is 3.87. The van der Waals surface area contributed by atoms with Crippen LogP contribution in [0.3, 0.4) is 0 Å². The lowest BCUT2D eigenvalue weighted by Crippen LogP contribution is -2.28. The molecule has 1 aromatic heterocycles. The van der Waals surface area contributed by atoms with E-state index in [9.17, 15) is 0 Å². The van der Waals surface area contributed by atoms with Crippen molar-refractivity contribution in [2.24, 2.45) is 0 Å². The van der Waals surface area contributed by atoms with Gasteiger partial charge in [-0.2, -0.15) is 0 Å². The summed E-state index contributed by atoms with van der Waals surface area (Å²) in [4.78, 5) is 2.40. The SMILES string of the molecule is c1ccc(C2(c3cccc(N(c4ccc(-c5cccc6ccccc56)cc4)c4ccc(-c5cccc6c5oc5ccccc56)cc4)c3)c3ccccc3-c3ccccc32)cc1. The van der Waals surface area contributed by atoms with Crippen molar-refractivity contribution in [1.82, 2.24) is 0 Å². The summed E-state index contributed by atoms with van der Waals surface area (Å²) >= 11 is 0. The van der Waals surface area contributed by atoms with Crippen LogP contribution >= 0.6 is 0 Å². The third-order valence-electron chi connectivity index (χ3n) is 12.8. The summed E-state index contributed by atoms with van der Waals surface area (Å²) in [7, 11) is 0. The Morgan fingerprint density at radius 1 is 0.328 bits per heavy atom. The molecule has 0 radical (unpaired) electrons. The molecule has 1 aliphatic rings. The number of hydrogen-bond acceptors (Lipinski definition) is 2. The first-order chi connectivity index (χ1) is 30.3. The van der Waals surface area contributed by atoms with E-state index in [2.05, 4.69) is 229 Å². The fourth-order valence-corrected chi connectivity index (χ4v) is 10.1. The third kappa shape index (κ3) is 5.50. The van der Waals surface area contributed by atoms with Gasteiger partial charge in [-0.05, 0) is 103 Å². The Labute approximate surface area is 355 Å². The standard InChI is InChI=1S/C59H39NO/c1-2-17-43(18-3-1)59(55-28-9-6-22-51(55)52-23-7-10-29-56(52)59)44-19-13-20-47(39-44)60(45-35-31-41(32-36-45)49-25-12-16-40-15-4-5-21-48(40)49)46-37-33-42(34-38-46)50-26-14-27-54-53-24-8-11-30-57(53)61-58(50)54/h1-39H. The van der Waals surface area contributed by atoms with Crippen LogP contribution < -0.4 is 4.90 Å². The Morgan fingerprint density at radius 3 is 1.57 bits per heavy atom. The molecule has 0 saturated heterocycles. The van der Waals surface area contributed by atoms with Gasteiger partial charge < -0.3 is 9.32 Å². The minimum absolute atomic E-state index is 0.510. The lowest BCUT2D eigenvalue weighted by Gasteiger charge is -2.35. The van der Waals surface area contributed by atoms with Gasteiger partial charge in [-0.15, -0.1) is 0 Å². The zero-order valence-corrected chi connectivity index (χ0v) is 33.4. The maximum Gasteiger partial charge on any atom is 0.143 e. The number of rotatable bonds is 7. The van der Waals surface area contributed by atoms with Crippen molar-refractivity contribution >= 4 is 49.8 Å².